The molecule has 1 aromatic carbocycles. The van der Waals surface area contributed by atoms with Crippen molar-refractivity contribution in [2.75, 3.05) is 5.32 Å². The van der Waals surface area contributed by atoms with Gasteiger partial charge >= 0.3 is 0 Å². The molecular weight excluding hydrogens is 488 g/mol. The molecule has 0 saturated carbocycles. The fourth-order valence-electron chi connectivity index (χ4n) is 4.52. The van der Waals surface area contributed by atoms with Gasteiger partial charge < -0.3 is 10.6 Å². The number of carbonyl (C=O) groups excluding carboxylic acids is 2. The third kappa shape index (κ3) is 4.59. The lowest BCUT2D eigenvalue weighted by molar-refractivity contribution is -0.384. The molecule has 170 valence electrons. The number of dihydropyridines is 1. The Labute approximate surface area is 199 Å². The molecule has 2 N–H and O–H groups in total. The molecule has 0 radical (unpaired) electrons. The van der Waals surface area contributed by atoms with Gasteiger partial charge in [-0.1, -0.05) is 26.0 Å². The molecule has 1 aliphatic heterocycles. The van der Waals surface area contributed by atoms with Crippen LogP contribution in [0.5, 0.6) is 0 Å². The highest BCUT2D eigenvalue weighted by molar-refractivity contribution is 9.10. The van der Waals surface area contributed by atoms with E-state index in [0.717, 1.165) is 10.2 Å². The van der Waals surface area contributed by atoms with Gasteiger partial charge in [0.15, 0.2) is 5.78 Å². The Balaban J connectivity index is 1.83. The third-order valence-electron chi connectivity index (χ3n) is 5.87. The van der Waals surface area contributed by atoms with E-state index < -0.39 is 16.7 Å². The molecule has 1 aromatic heterocycles. The van der Waals surface area contributed by atoms with E-state index in [4.69, 9.17) is 0 Å². The molecule has 1 amide bonds. The van der Waals surface area contributed by atoms with Crippen LogP contribution in [0.25, 0.3) is 0 Å². The van der Waals surface area contributed by atoms with Gasteiger partial charge in [-0.15, -0.1) is 0 Å². The Kier molecular flexibility index (Phi) is 5.92. The summed E-state index contributed by atoms with van der Waals surface area (Å²) in [6.07, 6.45) is 2.54. The van der Waals surface area contributed by atoms with Crippen molar-refractivity contribution >= 4 is 39.1 Å². The molecule has 0 bridgehead atoms. The number of hydrogen-bond donors (Lipinski definition) is 2. The summed E-state index contributed by atoms with van der Waals surface area (Å²) >= 11 is 3.32. The molecule has 0 spiro atoms. The number of nitro groups is 1. The zero-order valence-corrected chi connectivity index (χ0v) is 20.0. The van der Waals surface area contributed by atoms with Crippen molar-refractivity contribution < 1.29 is 14.5 Å². The number of Topliss-reactive ketones (excluding diaryl/α,β-unsaturated/α-hetero) is 1. The summed E-state index contributed by atoms with van der Waals surface area (Å²) in [4.78, 5) is 41.9. The minimum absolute atomic E-state index is 0.0650. The molecular formula is C24H23BrN4O4. The molecule has 33 heavy (non-hydrogen) atoms. The number of benzene rings is 1. The molecule has 0 saturated heterocycles. The fourth-order valence-corrected chi connectivity index (χ4v) is 4.76. The van der Waals surface area contributed by atoms with E-state index in [2.05, 4.69) is 31.5 Å². The Morgan fingerprint density at radius 2 is 2.03 bits per heavy atom. The molecule has 2 heterocycles. The van der Waals surface area contributed by atoms with Gasteiger partial charge in [-0.05, 0) is 52.4 Å². The van der Waals surface area contributed by atoms with Crippen LogP contribution in [0.4, 0.5) is 11.5 Å². The lowest BCUT2D eigenvalue weighted by Crippen LogP contribution is -2.39. The van der Waals surface area contributed by atoms with Crippen LogP contribution in [0.2, 0.25) is 0 Å². The summed E-state index contributed by atoms with van der Waals surface area (Å²) in [5.41, 5.74) is 2.41. The van der Waals surface area contributed by atoms with E-state index in [1.807, 2.05) is 13.8 Å². The lowest BCUT2D eigenvalue weighted by atomic mass is 9.68. The average molecular weight is 511 g/mol. The molecule has 8 nitrogen and oxygen atoms in total. The van der Waals surface area contributed by atoms with E-state index in [1.165, 1.54) is 12.1 Å². The van der Waals surface area contributed by atoms with Gasteiger partial charge in [0.25, 0.3) is 11.6 Å². The van der Waals surface area contributed by atoms with Crippen molar-refractivity contribution in [2.45, 2.75) is 39.5 Å². The fraction of sp³-hybridized carbons (Fsp3) is 0.292. The van der Waals surface area contributed by atoms with Gasteiger partial charge in [0.2, 0.25) is 0 Å². The first-order chi connectivity index (χ1) is 15.6. The highest BCUT2D eigenvalue weighted by Crippen LogP contribution is 2.47. The van der Waals surface area contributed by atoms with Crippen molar-refractivity contribution in [3.05, 3.63) is 85.3 Å². The van der Waals surface area contributed by atoms with Crippen molar-refractivity contribution in [3.63, 3.8) is 0 Å². The van der Waals surface area contributed by atoms with Crippen LogP contribution in [0.1, 0.15) is 45.1 Å². The van der Waals surface area contributed by atoms with Crippen molar-refractivity contribution in [3.8, 4) is 0 Å². The molecule has 0 unspecified atom stereocenters. The number of pyridine rings is 1. The standard InChI is InChI=1S/C24H23BrN4O4/c1-13-20(23(31)28-19-8-7-15(25)12-26-19)21(14-5-4-6-16(9-14)29(32)33)22-17(27-13)10-24(2,3)11-18(22)30/h4-9,12,21,27H,10-11H2,1-3H3,(H,26,28,31)/t21-/m0/s1. The summed E-state index contributed by atoms with van der Waals surface area (Å²) in [7, 11) is 0. The van der Waals surface area contributed by atoms with Gasteiger partial charge in [0.05, 0.1) is 4.92 Å². The number of anilines is 1. The number of allylic oxidation sites excluding steroid dienone is 3. The smallest absolute Gasteiger partial charge is 0.269 e. The van der Waals surface area contributed by atoms with Gasteiger partial charge in [-0.25, -0.2) is 4.98 Å². The molecule has 0 fully saturated rings. The number of amides is 1. The second-order valence-electron chi connectivity index (χ2n) is 9.10. The molecule has 2 aromatic rings. The van der Waals surface area contributed by atoms with Crippen LogP contribution in [-0.4, -0.2) is 21.6 Å². The number of halogens is 1. The van der Waals surface area contributed by atoms with Crippen LogP contribution in [-0.2, 0) is 9.59 Å². The van der Waals surface area contributed by atoms with E-state index in [-0.39, 0.29) is 16.9 Å². The first-order valence-electron chi connectivity index (χ1n) is 10.5. The number of ketones is 1. The zero-order valence-electron chi connectivity index (χ0n) is 18.4. The second-order valence-corrected chi connectivity index (χ2v) is 10.0. The molecule has 4 rings (SSSR count). The van der Waals surface area contributed by atoms with E-state index in [0.29, 0.717) is 41.1 Å². The van der Waals surface area contributed by atoms with Crippen LogP contribution in [0, 0.1) is 15.5 Å². The van der Waals surface area contributed by atoms with E-state index >= 15 is 0 Å². The van der Waals surface area contributed by atoms with E-state index in [1.54, 1.807) is 37.4 Å². The summed E-state index contributed by atoms with van der Waals surface area (Å²) in [5.74, 6) is -0.849. The predicted octanol–water partition coefficient (Wildman–Crippen LogP) is 5.00. The highest BCUT2D eigenvalue weighted by atomic mass is 79.9. The number of non-ortho nitro benzene ring substituents is 1. The number of aromatic nitrogens is 1. The van der Waals surface area contributed by atoms with Crippen LogP contribution < -0.4 is 10.6 Å². The minimum atomic E-state index is -0.722. The van der Waals surface area contributed by atoms with Crippen LogP contribution in [0.3, 0.4) is 0 Å². The second kappa shape index (κ2) is 8.55. The Bertz CT molecular complexity index is 1230. The monoisotopic (exact) mass is 510 g/mol. The van der Waals surface area contributed by atoms with Crippen molar-refractivity contribution in [1.82, 2.24) is 10.3 Å². The number of nitrogens with zero attached hydrogens (tertiary/aromatic N) is 2. The quantitative estimate of drug-likeness (QED) is 0.442. The normalized spacial score (nSPS) is 19.6. The Morgan fingerprint density at radius 1 is 1.27 bits per heavy atom. The number of rotatable bonds is 4. The summed E-state index contributed by atoms with van der Waals surface area (Å²) in [6, 6.07) is 9.55. The number of carbonyl (C=O) groups is 2. The topological polar surface area (TPSA) is 114 Å². The van der Waals surface area contributed by atoms with Gasteiger partial charge in [0, 0.05) is 57.7 Å². The highest BCUT2D eigenvalue weighted by Gasteiger charge is 2.43. The maximum absolute atomic E-state index is 13.4. The zero-order chi connectivity index (χ0) is 23.9. The third-order valence-corrected chi connectivity index (χ3v) is 6.34. The van der Waals surface area contributed by atoms with Gasteiger partial charge in [-0.3, -0.25) is 19.7 Å². The first kappa shape index (κ1) is 22.8. The van der Waals surface area contributed by atoms with Gasteiger partial charge in [0.1, 0.15) is 5.82 Å². The maximum atomic E-state index is 13.4. The molecule has 2 aliphatic rings. The number of hydrogen-bond acceptors (Lipinski definition) is 6. The molecule has 9 heteroatoms. The summed E-state index contributed by atoms with van der Waals surface area (Å²) in [6.45, 7) is 5.84. The SMILES string of the molecule is CC1=C(C(=O)Nc2ccc(Br)cn2)[C@H](c2cccc([N+](=O)[O-])c2)C2=C(CC(C)(C)CC2=O)N1. The van der Waals surface area contributed by atoms with Crippen LogP contribution in [0.15, 0.2) is 69.6 Å². The maximum Gasteiger partial charge on any atom is 0.269 e. The number of nitrogens with one attached hydrogen (secondary N) is 2. The Hall–Kier alpha value is -3.33. The van der Waals surface area contributed by atoms with E-state index in [9.17, 15) is 19.7 Å². The van der Waals surface area contributed by atoms with Crippen molar-refractivity contribution in [1.29, 1.82) is 0 Å². The average Bonchev–Trinajstić information content (AvgIpc) is 2.73. The molecule has 1 atom stereocenters. The number of nitro benzene ring substituents is 1. The van der Waals surface area contributed by atoms with Crippen LogP contribution >= 0.6 is 15.9 Å². The Morgan fingerprint density at radius 3 is 2.70 bits per heavy atom. The lowest BCUT2D eigenvalue weighted by Gasteiger charge is -2.39. The predicted molar refractivity (Wildman–Crippen MR) is 127 cm³/mol. The summed E-state index contributed by atoms with van der Waals surface area (Å²) in [5, 5.41) is 17.5. The summed E-state index contributed by atoms with van der Waals surface area (Å²) < 4.78 is 0.773. The first-order valence-corrected chi connectivity index (χ1v) is 11.3. The molecule has 1 aliphatic carbocycles. The largest absolute Gasteiger partial charge is 0.362 e. The van der Waals surface area contributed by atoms with Crippen molar-refractivity contribution in [2.24, 2.45) is 5.41 Å². The minimum Gasteiger partial charge on any atom is -0.362 e. The van der Waals surface area contributed by atoms with Gasteiger partial charge in [-0.2, -0.15) is 0 Å².